The Bertz CT molecular complexity index is 900. The number of aryl methyl sites for hydroxylation is 1. The van der Waals surface area contributed by atoms with Gasteiger partial charge in [0.05, 0.1) is 11.4 Å². The molecule has 4 rings (SSSR count). The van der Waals surface area contributed by atoms with Crippen LogP contribution in [0.15, 0.2) is 54.6 Å². The van der Waals surface area contributed by atoms with Gasteiger partial charge in [-0.15, -0.1) is 0 Å². The molecular weight excluding hydrogens is 322 g/mol. The van der Waals surface area contributed by atoms with Gasteiger partial charge in [0.25, 0.3) is 0 Å². The Labute approximate surface area is 145 Å². The number of anilines is 1. The van der Waals surface area contributed by atoms with Gasteiger partial charge in [0.2, 0.25) is 5.91 Å². The lowest BCUT2D eigenvalue weighted by molar-refractivity contribution is -0.116. The molecule has 24 heavy (non-hydrogen) atoms. The monoisotopic (exact) mass is 337 g/mol. The Morgan fingerprint density at radius 1 is 1.12 bits per heavy atom. The highest BCUT2D eigenvalue weighted by molar-refractivity contribution is 6.30. The van der Waals surface area contributed by atoms with Gasteiger partial charge < -0.3 is 5.32 Å². The lowest BCUT2D eigenvalue weighted by Crippen LogP contribution is -2.24. The van der Waals surface area contributed by atoms with Gasteiger partial charge in [-0.3, -0.25) is 4.79 Å². The van der Waals surface area contributed by atoms with Crippen molar-refractivity contribution in [2.45, 2.75) is 19.3 Å². The van der Waals surface area contributed by atoms with Gasteiger partial charge in [0.1, 0.15) is 5.82 Å². The number of nitrogens with zero attached hydrogens (tertiary/aromatic N) is 2. The third-order valence-electron chi connectivity index (χ3n) is 4.38. The van der Waals surface area contributed by atoms with Gasteiger partial charge in [-0.2, -0.15) is 5.10 Å². The third-order valence-corrected chi connectivity index (χ3v) is 4.63. The maximum atomic E-state index is 12.3. The summed E-state index contributed by atoms with van der Waals surface area (Å²) in [6, 6.07) is 17.5. The predicted octanol–water partition coefficient (Wildman–Crippen LogP) is 4.31. The minimum Gasteiger partial charge on any atom is -0.310 e. The van der Waals surface area contributed by atoms with Crippen molar-refractivity contribution in [3.8, 4) is 5.69 Å². The van der Waals surface area contributed by atoms with E-state index in [1.807, 2.05) is 49.4 Å². The summed E-state index contributed by atoms with van der Waals surface area (Å²) in [5.74, 6) is 0.780. The number of nitrogens with one attached hydrogen (secondary N) is 1. The molecule has 1 atom stereocenters. The van der Waals surface area contributed by atoms with E-state index in [-0.39, 0.29) is 11.8 Å². The second-order valence-electron chi connectivity index (χ2n) is 5.95. The topological polar surface area (TPSA) is 46.9 Å². The fraction of sp³-hybridized carbons (Fsp3) is 0.158. The summed E-state index contributed by atoms with van der Waals surface area (Å²) in [4.78, 5) is 12.3. The van der Waals surface area contributed by atoms with Crippen molar-refractivity contribution >= 4 is 23.3 Å². The van der Waals surface area contributed by atoms with Crippen molar-refractivity contribution in [1.82, 2.24) is 9.78 Å². The fourth-order valence-corrected chi connectivity index (χ4v) is 3.41. The smallest absolute Gasteiger partial charge is 0.226 e. The largest absolute Gasteiger partial charge is 0.310 e. The second-order valence-corrected chi connectivity index (χ2v) is 6.39. The predicted molar refractivity (Wildman–Crippen MR) is 94.8 cm³/mol. The number of rotatable bonds is 2. The van der Waals surface area contributed by atoms with E-state index in [0.717, 1.165) is 28.3 Å². The van der Waals surface area contributed by atoms with Crippen LogP contribution in [0.1, 0.15) is 29.2 Å². The Balaban J connectivity index is 1.87. The summed E-state index contributed by atoms with van der Waals surface area (Å²) in [6.45, 7) is 1.98. The molecule has 2 heterocycles. The van der Waals surface area contributed by atoms with Crippen LogP contribution in [0.25, 0.3) is 5.69 Å². The van der Waals surface area contributed by atoms with E-state index in [9.17, 15) is 4.79 Å². The number of halogens is 1. The highest BCUT2D eigenvalue weighted by Crippen LogP contribution is 2.40. The summed E-state index contributed by atoms with van der Waals surface area (Å²) < 4.78 is 1.79. The zero-order valence-electron chi connectivity index (χ0n) is 13.2. The van der Waals surface area contributed by atoms with E-state index in [4.69, 9.17) is 11.6 Å². The van der Waals surface area contributed by atoms with E-state index in [2.05, 4.69) is 22.5 Å². The van der Waals surface area contributed by atoms with E-state index in [1.165, 1.54) is 0 Å². The molecule has 120 valence electrons. The average Bonchev–Trinajstić information content (AvgIpc) is 2.92. The quantitative estimate of drug-likeness (QED) is 0.757. The van der Waals surface area contributed by atoms with E-state index < -0.39 is 0 Å². The number of hydrogen-bond donors (Lipinski definition) is 1. The molecule has 1 unspecified atom stereocenters. The zero-order valence-corrected chi connectivity index (χ0v) is 13.9. The van der Waals surface area contributed by atoms with Crippen molar-refractivity contribution in [3.63, 3.8) is 0 Å². The van der Waals surface area contributed by atoms with Crippen molar-refractivity contribution in [3.05, 3.63) is 76.4 Å². The number of fused-ring (bicyclic) bond motifs is 1. The number of aromatic nitrogens is 2. The maximum absolute atomic E-state index is 12.3. The van der Waals surface area contributed by atoms with Crippen molar-refractivity contribution in [1.29, 1.82) is 0 Å². The Hall–Kier alpha value is -2.59. The third kappa shape index (κ3) is 2.49. The molecule has 3 aromatic rings. The summed E-state index contributed by atoms with van der Waals surface area (Å²) in [5, 5.41) is 8.32. The molecule has 1 N–H and O–H groups in total. The molecule has 2 aromatic carbocycles. The highest BCUT2D eigenvalue weighted by Gasteiger charge is 2.32. The first kappa shape index (κ1) is 15.0. The minimum atomic E-state index is 0.00599. The standard InChI is InChI=1S/C19H16ClN3O/c1-12-18-16(13-5-3-2-4-6-13)11-17(24)21-19(18)23(22-12)15-9-7-14(20)8-10-15/h2-10,16H,11H2,1H3,(H,21,24). The summed E-state index contributed by atoms with van der Waals surface area (Å²) in [6.07, 6.45) is 0.435. The van der Waals surface area contributed by atoms with Gasteiger partial charge in [-0.1, -0.05) is 41.9 Å². The Kier molecular flexibility index (Phi) is 3.62. The first-order valence-electron chi connectivity index (χ1n) is 7.84. The molecule has 0 aliphatic carbocycles. The number of benzene rings is 2. The van der Waals surface area contributed by atoms with Crippen LogP contribution in [0.5, 0.6) is 0 Å². The SMILES string of the molecule is Cc1nn(-c2ccc(Cl)cc2)c2c1C(c1ccccc1)CC(=O)N2. The average molecular weight is 338 g/mol. The van der Waals surface area contributed by atoms with Crippen LogP contribution in [-0.2, 0) is 4.79 Å². The van der Waals surface area contributed by atoms with E-state index in [0.29, 0.717) is 11.4 Å². The molecule has 0 saturated carbocycles. The molecule has 0 fully saturated rings. The van der Waals surface area contributed by atoms with Crippen molar-refractivity contribution < 1.29 is 4.79 Å². The molecule has 0 radical (unpaired) electrons. The van der Waals surface area contributed by atoms with E-state index in [1.54, 1.807) is 4.68 Å². The normalized spacial score (nSPS) is 16.6. The van der Waals surface area contributed by atoms with E-state index >= 15 is 0 Å². The molecule has 0 saturated heterocycles. The van der Waals surface area contributed by atoms with Crippen LogP contribution in [-0.4, -0.2) is 15.7 Å². The molecule has 0 bridgehead atoms. The van der Waals surface area contributed by atoms with Gasteiger partial charge in [0.15, 0.2) is 0 Å². The highest BCUT2D eigenvalue weighted by atomic mass is 35.5. The maximum Gasteiger partial charge on any atom is 0.226 e. The van der Waals surface area contributed by atoms with Gasteiger partial charge >= 0.3 is 0 Å². The lowest BCUT2D eigenvalue weighted by atomic mass is 9.86. The number of amides is 1. The van der Waals surface area contributed by atoms with Crippen LogP contribution < -0.4 is 5.32 Å². The van der Waals surface area contributed by atoms with Gasteiger partial charge in [0, 0.05) is 22.9 Å². The van der Waals surface area contributed by atoms with Crippen molar-refractivity contribution in [2.75, 3.05) is 5.32 Å². The van der Waals surface area contributed by atoms with Gasteiger partial charge in [-0.05, 0) is 36.8 Å². The Morgan fingerprint density at radius 3 is 2.54 bits per heavy atom. The molecule has 1 aromatic heterocycles. The summed E-state index contributed by atoms with van der Waals surface area (Å²) >= 11 is 5.97. The summed E-state index contributed by atoms with van der Waals surface area (Å²) in [5.41, 5.74) is 4.01. The number of carbonyl (C=O) groups is 1. The van der Waals surface area contributed by atoms with Crippen LogP contribution in [0.4, 0.5) is 5.82 Å². The first-order valence-corrected chi connectivity index (χ1v) is 8.21. The molecule has 4 nitrogen and oxygen atoms in total. The molecule has 1 aliphatic heterocycles. The van der Waals surface area contributed by atoms with Gasteiger partial charge in [-0.25, -0.2) is 4.68 Å². The molecule has 0 spiro atoms. The summed E-state index contributed by atoms with van der Waals surface area (Å²) in [7, 11) is 0. The number of carbonyl (C=O) groups excluding carboxylic acids is 1. The molecular formula is C19H16ClN3O. The van der Waals surface area contributed by atoms with Crippen LogP contribution >= 0.6 is 11.6 Å². The number of hydrogen-bond acceptors (Lipinski definition) is 2. The molecule has 1 aliphatic rings. The second kappa shape index (κ2) is 5.80. The van der Waals surface area contributed by atoms with Crippen molar-refractivity contribution in [2.24, 2.45) is 0 Å². The lowest BCUT2D eigenvalue weighted by Gasteiger charge is -2.24. The van der Waals surface area contributed by atoms with Crippen LogP contribution in [0.2, 0.25) is 5.02 Å². The first-order chi connectivity index (χ1) is 11.6. The molecule has 5 heteroatoms. The minimum absolute atomic E-state index is 0.00599. The zero-order chi connectivity index (χ0) is 16.7. The molecule has 1 amide bonds. The fourth-order valence-electron chi connectivity index (χ4n) is 3.29. The van der Waals surface area contributed by atoms with Crippen LogP contribution in [0.3, 0.4) is 0 Å². The Morgan fingerprint density at radius 2 is 1.83 bits per heavy atom. The van der Waals surface area contributed by atoms with Crippen LogP contribution in [0, 0.1) is 6.92 Å².